The molecule has 0 amide bonds. The lowest BCUT2D eigenvalue weighted by molar-refractivity contribution is 0.602. The third kappa shape index (κ3) is 2.84. The minimum atomic E-state index is -3.76. The van der Waals surface area contributed by atoms with Crippen LogP contribution >= 0.6 is 15.9 Å². The standard InChI is InChI=1S/C16H11BrFNO2S/c17-15-9-10-16(14-4-2-1-3-13(14)15)22(20,21)19-12-7-5-11(18)6-8-12/h1-10,19H. The fourth-order valence-electron chi connectivity index (χ4n) is 2.20. The van der Waals surface area contributed by atoms with Gasteiger partial charge in [0.1, 0.15) is 5.82 Å². The van der Waals surface area contributed by atoms with Gasteiger partial charge in [0, 0.05) is 15.5 Å². The van der Waals surface area contributed by atoms with Crippen molar-refractivity contribution in [2.75, 3.05) is 4.72 Å². The fourth-order valence-corrected chi connectivity index (χ4v) is 3.95. The Hall–Kier alpha value is -1.92. The first-order valence-electron chi connectivity index (χ1n) is 6.43. The number of anilines is 1. The highest BCUT2D eigenvalue weighted by atomic mass is 79.9. The van der Waals surface area contributed by atoms with Gasteiger partial charge in [-0.2, -0.15) is 0 Å². The molecule has 0 unspecified atom stereocenters. The lowest BCUT2D eigenvalue weighted by atomic mass is 10.1. The van der Waals surface area contributed by atoms with E-state index in [1.807, 2.05) is 12.1 Å². The summed E-state index contributed by atoms with van der Waals surface area (Å²) in [5.41, 5.74) is 0.313. The zero-order valence-corrected chi connectivity index (χ0v) is 13.7. The highest BCUT2D eigenvalue weighted by molar-refractivity contribution is 9.10. The number of nitrogens with one attached hydrogen (secondary N) is 1. The Morgan fingerprint density at radius 1 is 0.864 bits per heavy atom. The summed E-state index contributed by atoms with van der Waals surface area (Å²) < 4.78 is 41.4. The quantitative estimate of drug-likeness (QED) is 0.725. The van der Waals surface area contributed by atoms with Gasteiger partial charge in [0.25, 0.3) is 10.0 Å². The van der Waals surface area contributed by atoms with Crippen LogP contribution in [0.15, 0.2) is 70.0 Å². The molecule has 3 aromatic rings. The van der Waals surface area contributed by atoms with Crippen LogP contribution in [0.25, 0.3) is 10.8 Å². The number of hydrogen-bond donors (Lipinski definition) is 1. The molecule has 0 aliphatic heterocycles. The van der Waals surface area contributed by atoms with Gasteiger partial charge in [-0.05, 0) is 41.8 Å². The Bertz CT molecular complexity index is 940. The predicted molar refractivity (Wildman–Crippen MR) is 88.9 cm³/mol. The van der Waals surface area contributed by atoms with E-state index in [1.54, 1.807) is 18.2 Å². The van der Waals surface area contributed by atoms with E-state index >= 15 is 0 Å². The lowest BCUT2D eigenvalue weighted by Gasteiger charge is -2.11. The summed E-state index contributed by atoms with van der Waals surface area (Å²) in [6.07, 6.45) is 0. The number of fused-ring (bicyclic) bond motifs is 1. The monoisotopic (exact) mass is 379 g/mol. The predicted octanol–water partition coefficient (Wildman–Crippen LogP) is 4.54. The molecule has 3 nitrogen and oxygen atoms in total. The SMILES string of the molecule is O=S(=O)(Nc1ccc(F)cc1)c1ccc(Br)c2ccccc12. The van der Waals surface area contributed by atoms with E-state index in [0.717, 1.165) is 9.86 Å². The Morgan fingerprint density at radius 3 is 2.18 bits per heavy atom. The summed E-state index contributed by atoms with van der Waals surface area (Å²) in [6, 6.07) is 15.6. The Labute approximate surface area is 136 Å². The second-order valence-electron chi connectivity index (χ2n) is 4.70. The molecule has 0 aromatic heterocycles. The number of hydrogen-bond acceptors (Lipinski definition) is 2. The Morgan fingerprint density at radius 2 is 1.50 bits per heavy atom. The normalized spacial score (nSPS) is 11.5. The zero-order valence-electron chi connectivity index (χ0n) is 11.3. The smallest absolute Gasteiger partial charge is 0.262 e. The molecule has 0 saturated carbocycles. The van der Waals surface area contributed by atoms with E-state index in [2.05, 4.69) is 20.7 Å². The summed E-state index contributed by atoms with van der Waals surface area (Å²) in [5, 5.41) is 1.43. The molecule has 0 radical (unpaired) electrons. The molecule has 3 aromatic carbocycles. The van der Waals surface area contributed by atoms with Crippen molar-refractivity contribution in [3.05, 3.63) is 71.0 Å². The zero-order chi connectivity index (χ0) is 15.7. The molecule has 22 heavy (non-hydrogen) atoms. The van der Waals surface area contributed by atoms with Crippen molar-refractivity contribution in [3.8, 4) is 0 Å². The largest absolute Gasteiger partial charge is 0.280 e. The van der Waals surface area contributed by atoms with Crippen LogP contribution in [0.4, 0.5) is 10.1 Å². The van der Waals surface area contributed by atoms with Gasteiger partial charge >= 0.3 is 0 Å². The molecule has 0 bridgehead atoms. The molecule has 0 fully saturated rings. The molecular formula is C16H11BrFNO2S. The maximum atomic E-state index is 12.9. The second-order valence-corrected chi connectivity index (χ2v) is 7.21. The molecule has 0 aliphatic carbocycles. The van der Waals surface area contributed by atoms with Crippen LogP contribution in [-0.2, 0) is 10.0 Å². The summed E-state index contributed by atoms with van der Waals surface area (Å²) in [7, 11) is -3.76. The molecular weight excluding hydrogens is 369 g/mol. The first-order chi connectivity index (χ1) is 10.5. The van der Waals surface area contributed by atoms with Gasteiger partial charge < -0.3 is 0 Å². The van der Waals surface area contributed by atoms with E-state index in [-0.39, 0.29) is 4.90 Å². The molecule has 0 saturated heterocycles. The topological polar surface area (TPSA) is 46.2 Å². The van der Waals surface area contributed by atoms with E-state index in [4.69, 9.17) is 0 Å². The van der Waals surface area contributed by atoms with Crippen LogP contribution in [0.1, 0.15) is 0 Å². The maximum Gasteiger partial charge on any atom is 0.262 e. The first kappa shape index (κ1) is 15.0. The summed E-state index contributed by atoms with van der Waals surface area (Å²) in [4.78, 5) is 0.177. The van der Waals surface area contributed by atoms with Crippen LogP contribution in [0.3, 0.4) is 0 Å². The number of benzene rings is 3. The minimum absolute atomic E-state index is 0.177. The van der Waals surface area contributed by atoms with E-state index in [0.29, 0.717) is 11.1 Å². The van der Waals surface area contributed by atoms with Crippen LogP contribution in [0.2, 0.25) is 0 Å². The van der Waals surface area contributed by atoms with Crippen molar-refractivity contribution in [2.24, 2.45) is 0 Å². The number of sulfonamides is 1. The van der Waals surface area contributed by atoms with Crippen LogP contribution in [-0.4, -0.2) is 8.42 Å². The van der Waals surface area contributed by atoms with Crippen molar-refractivity contribution >= 4 is 42.4 Å². The molecule has 1 N–H and O–H groups in total. The minimum Gasteiger partial charge on any atom is -0.280 e. The van der Waals surface area contributed by atoms with Gasteiger partial charge in [-0.1, -0.05) is 40.2 Å². The number of rotatable bonds is 3. The summed E-state index contributed by atoms with van der Waals surface area (Å²) in [6.45, 7) is 0. The molecule has 0 heterocycles. The van der Waals surface area contributed by atoms with Gasteiger partial charge in [0.2, 0.25) is 0 Å². The Balaban J connectivity index is 2.10. The molecule has 0 spiro atoms. The maximum absolute atomic E-state index is 12.9. The highest BCUT2D eigenvalue weighted by Crippen LogP contribution is 2.30. The van der Waals surface area contributed by atoms with Crippen LogP contribution < -0.4 is 4.72 Å². The van der Waals surface area contributed by atoms with E-state index in [1.165, 1.54) is 30.3 Å². The van der Waals surface area contributed by atoms with Crippen molar-refractivity contribution in [2.45, 2.75) is 4.90 Å². The van der Waals surface area contributed by atoms with Gasteiger partial charge in [0.15, 0.2) is 0 Å². The van der Waals surface area contributed by atoms with E-state index in [9.17, 15) is 12.8 Å². The van der Waals surface area contributed by atoms with E-state index < -0.39 is 15.8 Å². The van der Waals surface area contributed by atoms with Gasteiger partial charge in [0.05, 0.1) is 4.90 Å². The lowest BCUT2D eigenvalue weighted by Crippen LogP contribution is -2.13. The molecule has 6 heteroatoms. The van der Waals surface area contributed by atoms with Crippen molar-refractivity contribution in [1.29, 1.82) is 0 Å². The first-order valence-corrected chi connectivity index (χ1v) is 8.71. The average molecular weight is 380 g/mol. The second kappa shape index (κ2) is 5.70. The third-order valence-corrected chi connectivity index (χ3v) is 5.35. The Kier molecular flexibility index (Phi) is 3.88. The van der Waals surface area contributed by atoms with Crippen molar-refractivity contribution < 1.29 is 12.8 Å². The average Bonchev–Trinajstić information content (AvgIpc) is 2.50. The van der Waals surface area contributed by atoms with Crippen molar-refractivity contribution in [3.63, 3.8) is 0 Å². The van der Waals surface area contributed by atoms with Gasteiger partial charge in [-0.3, -0.25) is 4.72 Å². The van der Waals surface area contributed by atoms with Crippen molar-refractivity contribution in [1.82, 2.24) is 0 Å². The molecule has 0 atom stereocenters. The fraction of sp³-hybridized carbons (Fsp3) is 0. The molecule has 0 aliphatic rings. The molecule has 112 valence electrons. The number of halogens is 2. The third-order valence-electron chi connectivity index (χ3n) is 3.22. The summed E-state index contributed by atoms with van der Waals surface area (Å²) >= 11 is 3.42. The van der Waals surface area contributed by atoms with Gasteiger partial charge in [-0.25, -0.2) is 12.8 Å². The molecule has 3 rings (SSSR count). The van der Waals surface area contributed by atoms with Crippen LogP contribution in [0.5, 0.6) is 0 Å². The van der Waals surface area contributed by atoms with Crippen LogP contribution in [0, 0.1) is 5.82 Å². The van der Waals surface area contributed by atoms with Gasteiger partial charge in [-0.15, -0.1) is 0 Å². The highest BCUT2D eigenvalue weighted by Gasteiger charge is 2.18. The summed E-state index contributed by atoms with van der Waals surface area (Å²) in [5.74, 6) is -0.419.